The molecule has 2 rings (SSSR count). The molecular weight excluding hydrogens is 332 g/mol. The molecule has 9 heteroatoms. The molecule has 0 bridgehead atoms. The third-order valence-electron chi connectivity index (χ3n) is 4.18. The van der Waals surface area contributed by atoms with Gasteiger partial charge in [-0.2, -0.15) is 17.0 Å². The molecule has 1 amide bonds. The molecule has 134 valence electrons. The number of carbonyl (C=O) groups excluding carboxylic acids is 1. The van der Waals surface area contributed by atoms with Crippen LogP contribution in [-0.2, 0) is 10.2 Å². The maximum absolute atomic E-state index is 12.2. The van der Waals surface area contributed by atoms with E-state index in [0.29, 0.717) is 24.9 Å². The number of hydrogen-bond donors (Lipinski definition) is 2. The van der Waals surface area contributed by atoms with Crippen molar-refractivity contribution in [2.75, 3.05) is 33.7 Å². The van der Waals surface area contributed by atoms with Gasteiger partial charge >= 0.3 is 0 Å². The van der Waals surface area contributed by atoms with Gasteiger partial charge in [-0.15, -0.1) is 0 Å². The first-order valence-corrected chi connectivity index (χ1v) is 9.22. The zero-order chi connectivity index (χ0) is 17.8. The first-order valence-electron chi connectivity index (χ1n) is 7.83. The van der Waals surface area contributed by atoms with Crippen LogP contribution in [0.15, 0.2) is 24.5 Å². The third-order valence-corrected chi connectivity index (χ3v) is 6.13. The highest BCUT2D eigenvalue weighted by Gasteiger charge is 2.34. The van der Waals surface area contributed by atoms with Gasteiger partial charge in [-0.3, -0.25) is 9.78 Å². The molecule has 0 aliphatic carbocycles. The van der Waals surface area contributed by atoms with Crippen molar-refractivity contribution in [1.29, 1.82) is 0 Å². The van der Waals surface area contributed by atoms with Gasteiger partial charge in [0.15, 0.2) is 0 Å². The van der Waals surface area contributed by atoms with Crippen LogP contribution in [0, 0.1) is 0 Å². The molecule has 0 aromatic carbocycles. The minimum absolute atomic E-state index is 0.0873. The molecule has 1 aromatic heterocycles. The zero-order valence-electron chi connectivity index (χ0n) is 14.0. The lowest BCUT2D eigenvalue weighted by atomic mass is 9.95. The van der Waals surface area contributed by atoms with Crippen molar-refractivity contribution in [3.8, 4) is 0 Å². The van der Waals surface area contributed by atoms with Crippen molar-refractivity contribution in [1.82, 2.24) is 18.9 Å². The van der Waals surface area contributed by atoms with Gasteiger partial charge in [0.1, 0.15) is 0 Å². The molecule has 1 saturated heterocycles. The van der Waals surface area contributed by atoms with Crippen LogP contribution in [0.1, 0.15) is 29.6 Å². The van der Waals surface area contributed by atoms with Gasteiger partial charge in [-0.1, -0.05) is 0 Å². The Balaban J connectivity index is 1.95. The molecule has 1 atom stereocenters. The van der Waals surface area contributed by atoms with Crippen LogP contribution < -0.4 is 5.32 Å². The van der Waals surface area contributed by atoms with Crippen LogP contribution >= 0.6 is 0 Å². The Morgan fingerprint density at radius 2 is 2.00 bits per heavy atom. The lowest BCUT2D eigenvalue weighted by molar-refractivity contribution is 0.0264. The Morgan fingerprint density at radius 1 is 1.33 bits per heavy atom. The van der Waals surface area contributed by atoms with Gasteiger partial charge in [0.25, 0.3) is 16.1 Å². The maximum Gasteiger partial charge on any atom is 0.281 e. The molecule has 2 heterocycles. The number of hydrogen-bond acceptors (Lipinski definition) is 5. The second-order valence-corrected chi connectivity index (χ2v) is 8.33. The first kappa shape index (κ1) is 18.8. The molecule has 1 aliphatic heterocycles. The van der Waals surface area contributed by atoms with Crippen molar-refractivity contribution in [3.63, 3.8) is 0 Å². The van der Waals surface area contributed by atoms with E-state index in [-0.39, 0.29) is 25.4 Å². The molecular formula is C15H24N4O4S. The van der Waals surface area contributed by atoms with Crippen LogP contribution in [0.25, 0.3) is 0 Å². The summed E-state index contributed by atoms with van der Waals surface area (Å²) in [6.07, 6.45) is 4.30. The van der Waals surface area contributed by atoms with Crippen molar-refractivity contribution in [2.45, 2.75) is 24.9 Å². The maximum atomic E-state index is 12.2. The van der Waals surface area contributed by atoms with Gasteiger partial charge < -0.3 is 10.4 Å². The van der Waals surface area contributed by atoms with Gasteiger partial charge in [-0.25, -0.2) is 0 Å². The van der Waals surface area contributed by atoms with E-state index >= 15 is 0 Å². The second-order valence-electron chi connectivity index (χ2n) is 6.19. The van der Waals surface area contributed by atoms with E-state index in [4.69, 9.17) is 0 Å². The molecule has 8 nitrogen and oxygen atoms in total. The van der Waals surface area contributed by atoms with E-state index in [9.17, 15) is 18.3 Å². The van der Waals surface area contributed by atoms with Crippen LogP contribution in [-0.4, -0.2) is 72.4 Å². The number of aliphatic hydroxyl groups is 1. The summed E-state index contributed by atoms with van der Waals surface area (Å²) >= 11 is 0. The highest BCUT2D eigenvalue weighted by Crippen LogP contribution is 2.23. The highest BCUT2D eigenvalue weighted by molar-refractivity contribution is 7.86. The molecule has 1 fully saturated rings. The fourth-order valence-corrected chi connectivity index (χ4v) is 3.79. The lowest BCUT2D eigenvalue weighted by Gasteiger charge is -2.27. The Morgan fingerprint density at radius 3 is 2.62 bits per heavy atom. The molecule has 0 unspecified atom stereocenters. The summed E-state index contributed by atoms with van der Waals surface area (Å²) < 4.78 is 26.9. The fourth-order valence-electron chi connectivity index (χ4n) is 2.64. The molecule has 1 aromatic rings. The van der Waals surface area contributed by atoms with Crippen LogP contribution in [0.2, 0.25) is 0 Å². The smallest absolute Gasteiger partial charge is 0.281 e. The lowest BCUT2D eigenvalue weighted by Crippen LogP contribution is -2.45. The van der Waals surface area contributed by atoms with E-state index in [1.165, 1.54) is 35.1 Å². The molecule has 1 aliphatic rings. The van der Waals surface area contributed by atoms with E-state index < -0.39 is 15.8 Å². The summed E-state index contributed by atoms with van der Waals surface area (Å²) in [6, 6.07) is 3.19. The Labute approximate surface area is 142 Å². The van der Waals surface area contributed by atoms with Crippen LogP contribution in [0.4, 0.5) is 0 Å². The number of aromatic nitrogens is 1. The topological polar surface area (TPSA) is 103 Å². The number of amides is 1. The number of nitrogens with one attached hydrogen (secondary N) is 1. The van der Waals surface area contributed by atoms with Crippen molar-refractivity contribution in [3.05, 3.63) is 30.1 Å². The SMILES string of the molecule is CN(C)S(=O)(=O)N1CCC[C@](O)(CNC(=O)c2ccncc2)CC1. The molecule has 24 heavy (non-hydrogen) atoms. The standard InChI is InChI=1S/C15H24N4O4S/c1-18(2)24(22,23)19-10-3-6-15(21,7-11-19)12-17-14(20)13-4-8-16-9-5-13/h4-5,8-9,21H,3,6-7,10-12H2,1-2H3,(H,17,20)/t15-/m1/s1. The number of nitrogens with zero attached hydrogens (tertiary/aromatic N) is 3. The normalized spacial score (nSPS) is 23.0. The fraction of sp³-hybridized carbons (Fsp3) is 0.600. The number of pyridine rings is 1. The van der Waals surface area contributed by atoms with Crippen molar-refractivity contribution in [2.24, 2.45) is 0 Å². The second kappa shape index (κ2) is 7.56. The van der Waals surface area contributed by atoms with Gasteiger partial charge in [0, 0.05) is 51.7 Å². The highest BCUT2D eigenvalue weighted by atomic mass is 32.2. The number of rotatable bonds is 5. The van der Waals surface area contributed by atoms with E-state index in [2.05, 4.69) is 10.3 Å². The third kappa shape index (κ3) is 4.50. The Kier molecular flexibility index (Phi) is 5.92. The monoisotopic (exact) mass is 356 g/mol. The van der Waals surface area contributed by atoms with Gasteiger partial charge in [0.2, 0.25) is 0 Å². The van der Waals surface area contributed by atoms with Crippen LogP contribution in [0.3, 0.4) is 0 Å². The summed E-state index contributed by atoms with van der Waals surface area (Å²) in [5.74, 6) is -0.284. The average Bonchev–Trinajstić information content (AvgIpc) is 2.76. The summed E-state index contributed by atoms with van der Waals surface area (Å²) in [4.78, 5) is 15.9. The summed E-state index contributed by atoms with van der Waals surface area (Å²) in [5.41, 5.74) is -0.641. The van der Waals surface area contributed by atoms with E-state index in [1.54, 1.807) is 12.1 Å². The largest absolute Gasteiger partial charge is 0.388 e. The van der Waals surface area contributed by atoms with Crippen molar-refractivity contribution < 1.29 is 18.3 Å². The van der Waals surface area contributed by atoms with Gasteiger partial charge in [0.05, 0.1) is 5.60 Å². The molecule has 0 spiro atoms. The predicted molar refractivity (Wildman–Crippen MR) is 89.6 cm³/mol. The first-order chi connectivity index (χ1) is 11.2. The Hall–Kier alpha value is -1.55. The minimum Gasteiger partial charge on any atom is -0.388 e. The summed E-state index contributed by atoms with van der Waals surface area (Å²) in [6.45, 7) is 0.674. The minimum atomic E-state index is -3.49. The molecule has 0 saturated carbocycles. The van der Waals surface area contributed by atoms with Gasteiger partial charge in [-0.05, 0) is 31.4 Å². The molecule has 2 N–H and O–H groups in total. The predicted octanol–water partition coefficient (Wildman–Crippen LogP) is -0.165. The summed E-state index contributed by atoms with van der Waals surface area (Å²) in [7, 11) is -0.512. The zero-order valence-corrected chi connectivity index (χ0v) is 14.8. The number of carbonyl (C=O) groups is 1. The van der Waals surface area contributed by atoms with E-state index in [0.717, 1.165) is 0 Å². The van der Waals surface area contributed by atoms with Crippen LogP contribution in [0.5, 0.6) is 0 Å². The quantitative estimate of drug-likeness (QED) is 0.763. The van der Waals surface area contributed by atoms with E-state index in [1.807, 2.05) is 0 Å². The Bertz CT molecular complexity index is 665. The average molecular weight is 356 g/mol. The van der Waals surface area contributed by atoms with Crippen molar-refractivity contribution >= 4 is 16.1 Å². The molecule has 0 radical (unpaired) electrons. The summed E-state index contributed by atoms with van der Waals surface area (Å²) in [5, 5.41) is 13.4.